The zero-order chi connectivity index (χ0) is 9.59. The van der Waals surface area contributed by atoms with E-state index in [1.165, 1.54) is 6.07 Å². The maximum atomic E-state index is 13.3. The summed E-state index contributed by atoms with van der Waals surface area (Å²) in [5.74, 6) is -0.512. The molecular formula is C9H7BrFNO. The number of aryl methyl sites for hydroxylation is 1. The van der Waals surface area contributed by atoms with Gasteiger partial charge in [0.15, 0.2) is 0 Å². The molecular weight excluding hydrogens is 237 g/mol. The summed E-state index contributed by atoms with van der Waals surface area (Å²) in [6.07, 6.45) is 0.258. The molecule has 0 atom stereocenters. The fourth-order valence-corrected chi connectivity index (χ4v) is 1.92. The molecule has 2 nitrogen and oxygen atoms in total. The summed E-state index contributed by atoms with van der Waals surface area (Å²) in [6.45, 7) is 1.80. The Labute approximate surface area is 83.3 Å². The van der Waals surface area contributed by atoms with Gasteiger partial charge in [0.2, 0.25) is 5.91 Å². The largest absolute Gasteiger partial charge is 0.323 e. The van der Waals surface area contributed by atoms with Crippen molar-refractivity contribution in [2.24, 2.45) is 0 Å². The van der Waals surface area contributed by atoms with Crippen LogP contribution in [-0.2, 0) is 11.2 Å². The lowest BCUT2D eigenvalue weighted by atomic mass is 10.1. The van der Waals surface area contributed by atoms with Gasteiger partial charge in [0, 0.05) is 10.0 Å². The van der Waals surface area contributed by atoms with Gasteiger partial charge in [0.05, 0.1) is 12.1 Å². The van der Waals surface area contributed by atoms with Crippen molar-refractivity contribution in [3.63, 3.8) is 0 Å². The number of carbonyl (C=O) groups excluding carboxylic acids is 1. The topological polar surface area (TPSA) is 29.1 Å². The second-order valence-corrected chi connectivity index (χ2v) is 3.86. The molecule has 1 heterocycles. The number of hydrogen-bond donors (Lipinski definition) is 1. The zero-order valence-electron chi connectivity index (χ0n) is 6.95. The summed E-state index contributed by atoms with van der Waals surface area (Å²) in [4.78, 5) is 11.0. The fourth-order valence-electron chi connectivity index (χ4n) is 1.46. The van der Waals surface area contributed by atoms with Crippen LogP contribution in [0, 0.1) is 12.7 Å². The number of carbonyl (C=O) groups is 1. The van der Waals surface area contributed by atoms with E-state index in [1.54, 1.807) is 6.92 Å². The molecule has 0 spiro atoms. The number of benzene rings is 1. The minimum Gasteiger partial charge on any atom is -0.323 e. The Kier molecular flexibility index (Phi) is 1.87. The molecule has 1 N–H and O–H groups in total. The van der Waals surface area contributed by atoms with E-state index in [0.29, 0.717) is 5.69 Å². The standard InChI is InChI=1S/C9H7BrFNO/c1-4-2-6(11)9-5(8(4)10)3-7(13)12-9/h2H,3H2,1H3,(H,12,13). The van der Waals surface area contributed by atoms with Crippen LogP contribution < -0.4 is 5.32 Å². The molecule has 0 unspecified atom stereocenters. The number of halogens is 2. The lowest BCUT2D eigenvalue weighted by Gasteiger charge is -2.05. The number of amides is 1. The first-order valence-corrected chi connectivity index (χ1v) is 4.66. The number of nitrogens with one attached hydrogen (secondary N) is 1. The minimum absolute atomic E-state index is 0.153. The second kappa shape index (κ2) is 2.80. The molecule has 0 aromatic heterocycles. The van der Waals surface area contributed by atoms with E-state index in [2.05, 4.69) is 21.2 Å². The molecule has 1 aliphatic heterocycles. The third-order valence-electron chi connectivity index (χ3n) is 2.10. The van der Waals surface area contributed by atoms with E-state index in [4.69, 9.17) is 0 Å². The monoisotopic (exact) mass is 243 g/mol. The number of anilines is 1. The van der Waals surface area contributed by atoms with Crippen LogP contribution in [-0.4, -0.2) is 5.91 Å². The first kappa shape index (κ1) is 8.69. The van der Waals surface area contributed by atoms with Gasteiger partial charge in [0.25, 0.3) is 0 Å². The fraction of sp³-hybridized carbons (Fsp3) is 0.222. The second-order valence-electron chi connectivity index (χ2n) is 3.07. The third-order valence-corrected chi connectivity index (χ3v) is 3.20. The van der Waals surface area contributed by atoms with E-state index in [9.17, 15) is 9.18 Å². The van der Waals surface area contributed by atoms with Crippen LogP contribution in [0.3, 0.4) is 0 Å². The average Bonchev–Trinajstić information content (AvgIpc) is 2.44. The zero-order valence-corrected chi connectivity index (χ0v) is 8.53. The Morgan fingerprint density at radius 3 is 3.00 bits per heavy atom. The van der Waals surface area contributed by atoms with E-state index >= 15 is 0 Å². The van der Waals surface area contributed by atoms with Crippen LogP contribution in [0.5, 0.6) is 0 Å². The summed E-state index contributed by atoms with van der Waals surface area (Å²) in [5, 5.41) is 2.49. The van der Waals surface area contributed by atoms with Gasteiger partial charge in [-0.05, 0) is 18.6 Å². The quantitative estimate of drug-likeness (QED) is 0.745. The maximum absolute atomic E-state index is 13.3. The van der Waals surface area contributed by atoms with Gasteiger partial charge in [-0.2, -0.15) is 0 Å². The highest BCUT2D eigenvalue weighted by molar-refractivity contribution is 9.10. The molecule has 13 heavy (non-hydrogen) atoms. The van der Waals surface area contributed by atoms with Crippen LogP contribution in [0.15, 0.2) is 10.5 Å². The van der Waals surface area contributed by atoms with Gasteiger partial charge in [-0.15, -0.1) is 0 Å². The number of rotatable bonds is 0. The van der Waals surface area contributed by atoms with E-state index < -0.39 is 0 Å². The van der Waals surface area contributed by atoms with Crippen molar-refractivity contribution >= 4 is 27.5 Å². The van der Waals surface area contributed by atoms with Crippen LogP contribution in [0.4, 0.5) is 10.1 Å². The van der Waals surface area contributed by atoms with Crippen molar-refractivity contribution in [1.29, 1.82) is 0 Å². The highest BCUT2D eigenvalue weighted by atomic mass is 79.9. The molecule has 68 valence electrons. The maximum Gasteiger partial charge on any atom is 0.229 e. The van der Waals surface area contributed by atoms with Crippen molar-refractivity contribution in [2.75, 3.05) is 5.32 Å². The predicted octanol–water partition coefficient (Wildman–Crippen LogP) is 2.39. The van der Waals surface area contributed by atoms with Gasteiger partial charge in [-0.3, -0.25) is 4.79 Å². The van der Waals surface area contributed by atoms with Crippen molar-refractivity contribution in [3.8, 4) is 0 Å². The average molecular weight is 244 g/mol. The molecule has 0 saturated carbocycles. The van der Waals surface area contributed by atoms with Crippen LogP contribution >= 0.6 is 15.9 Å². The molecule has 0 saturated heterocycles. The molecule has 4 heteroatoms. The predicted molar refractivity (Wildman–Crippen MR) is 51.2 cm³/mol. The molecule has 2 rings (SSSR count). The highest BCUT2D eigenvalue weighted by Gasteiger charge is 2.24. The van der Waals surface area contributed by atoms with E-state index in [1.807, 2.05) is 0 Å². The van der Waals surface area contributed by atoms with Crippen molar-refractivity contribution in [1.82, 2.24) is 0 Å². The Hall–Kier alpha value is -0.900. The third kappa shape index (κ3) is 1.25. The van der Waals surface area contributed by atoms with Gasteiger partial charge < -0.3 is 5.32 Å². The summed E-state index contributed by atoms with van der Waals surface area (Å²) in [5.41, 5.74) is 1.86. The lowest BCUT2D eigenvalue weighted by Crippen LogP contribution is -2.04. The van der Waals surface area contributed by atoms with Gasteiger partial charge >= 0.3 is 0 Å². The van der Waals surface area contributed by atoms with Gasteiger partial charge in [-0.1, -0.05) is 15.9 Å². The normalized spacial score (nSPS) is 14.2. The molecule has 0 aliphatic carbocycles. The van der Waals surface area contributed by atoms with E-state index in [-0.39, 0.29) is 18.1 Å². The van der Waals surface area contributed by atoms with E-state index in [0.717, 1.165) is 15.6 Å². The van der Waals surface area contributed by atoms with Crippen molar-refractivity contribution in [2.45, 2.75) is 13.3 Å². The first-order chi connectivity index (χ1) is 6.09. The van der Waals surface area contributed by atoms with Gasteiger partial charge in [-0.25, -0.2) is 4.39 Å². The Morgan fingerprint density at radius 2 is 2.31 bits per heavy atom. The van der Waals surface area contributed by atoms with Crippen LogP contribution in [0.2, 0.25) is 0 Å². The molecule has 0 fully saturated rings. The number of hydrogen-bond acceptors (Lipinski definition) is 1. The Balaban J connectivity index is 2.69. The van der Waals surface area contributed by atoms with Crippen LogP contribution in [0.25, 0.3) is 0 Å². The smallest absolute Gasteiger partial charge is 0.229 e. The lowest BCUT2D eigenvalue weighted by molar-refractivity contribution is -0.115. The number of fused-ring (bicyclic) bond motifs is 1. The van der Waals surface area contributed by atoms with Crippen LogP contribution in [0.1, 0.15) is 11.1 Å². The minimum atomic E-state index is -0.360. The van der Waals surface area contributed by atoms with Crippen molar-refractivity contribution in [3.05, 3.63) is 27.5 Å². The highest BCUT2D eigenvalue weighted by Crippen LogP contribution is 2.34. The Morgan fingerprint density at radius 1 is 1.62 bits per heavy atom. The summed E-state index contributed by atoms with van der Waals surface area (Å²) in [7, 11) is 0. The summed E-state index contributed by atoms with van der Waals surface area (Å²) >= 11 is 3.33. The van der Waals surface area contributed by atoms with Gasteiger partial charge in [0.1, 0.15) is 5.82 Å². The molecule has 0 bridgehead atoms. The molecule has 0 radical (unpaired) electrons. The Bertz CT molecular complexity index is 403. The molecule has 1 aromatic rings. The first-order valence-electron chi connectivity index (χ1n) is 3.87. The van der Waals surface area contributed by atoms with Crippen molar-refractivity contribution < 1.29 is 9.18 Å². The summed E-state index contributed by atoms with van der Waals surface area (Å²) < 4.78 is 14.1. The molecule has 1 amide bonds. The SMILES string of the molecule is Cc1cc(F)c2c(c1Br)CC(=O)N2. The molecule has 1 aromatic carbocycles. The molecule has 1 aliphatic rings. The summed E-state index contributed by atoms with van der Waals surface area (Å²) in [6, 6.07) is 1.41.